The number of hydrogen-bond acceptors (Lipinski definition) is 4. The highest BCUT2D eigenvalue weighted by molar-refractivity contribution is 14.1. The lowest BCUT2D eigenvalue weighted by Gasteiger charge is -2.11. The summed E-state index contributed by atoms with van der Waals surface area (Å²) in [5, 5.41) is 14.1. The molecule has 1 saturated carbocycles. The van der Waals surface area contributed by atoms with E-state index in [2.05, 4.69) is 56.7 Å². The van der Waals surface area contributed by atoms with Gasteiger partial charge in [-0.05, 0) is 30.0 Å². The zero-order chi connectivity index (χ0) is 19.7. The van der Waals surface area contributed by atoms with Crippen molar-refractivity contribution < 1.29 is 4.92 Å². The molecule has 3 aromatic rings. The number of benzene rings is 2. The summed E-state index contributed by atoms with van der Waals surface area (Å²) in [6.07, 6.45) is 4.27. The fraction of sp³-hybridized carbons (Fsp3) is 0.286. The molecule has 4 rings (SSSR count). The van der Waals surface area contributed by atoms with E-state index < -0.39 is 0 Å². The molecule has 6 nitrogen and oxygen atoms in total. The number of nitro benzene ring substituents is 1. The van der Waals surface area contributed by atoms with Crippen molar-refractivity contribution in [2.24, 2.45) is 0 Å². The van der Waals surface area contributed by atoms with Crippen LogP contribution in [0.4, 0.5) is 11.4 Å². The summed E-state index contributed by atoms with van der Waals surface area (Å²) >= 11 is 2.37. The van der Waals surface area contributed by atoms with Crippen molar-refractivity contribution in [3.05, 3.63) is 75.7 Å². The smallest absolute Gasteiger partial charge is 0.292 e. The number of rotatable bonds is 7. The third-order valence-corrected chi connectivity index (χ3v) is 5.98. The molecule has 2 aromatic carbocycles. The van der Waals surface area contributed by atoms with Crippen molar-refractivity contribution in [3.8, 4) is 11.3 Å². The van der Waals surface area contributed by atoms with Crippen LogP contribution in [-0.2, 0) is 11.0 Å². The molecule has 1 aliphatic carbocycles. The van der Waals surface area contributed by atoms with Gasteiger partial charge in [-0.15, -0.1) is 0 Å². The van der Waals surface area contributed by atoms with Gasteiger partial charge in [-0.3, -0.25) is 10.1 Å². The summed E-state index contributed by atoms with van der Waals surface area (Å²) in [5.41, 5.74) is 6.42. The van der Waals surface area contributed by atoms with Crippen molar-refractivity contribution in [1.82, 2.24) is 9.55 Å². The molecule has 7 heteroatoms. The lowest BCUT2D eigenvalue weighted by molar-refractivity contribution is -0.383. The Labute approximate surface area is 177 Å². The molecule has 0 bridgehead atoms. The summed E-state index contributed by atoms with van der Waals surface area (Å²) in [6.45, 7) is 0.650. The Hall–Kier alpha value is -2.42. The lowest BCUT2D eigenvalue weighted by atomic mass is 10.1. The van der Waals surface area contributed by atoms with Crippen molar-refractivity contribution in [3.63, 3.8) is 0 Å². The van der Waals surface area contributed by atoms with E-state index in [1.165, 1.54) is 24.1 Å². The SMILES string of the molecule is CNc1cc(Cn2cnc(-c3ccc(CI)cc3)c2C2CC2)ccc1[N+](=O)[O-]. The zero-order valence-electron chi connectivity index (χ0n) is 15.6. The second kappa shape index (κ2) is 7.90. The predicted octanol–water partition coefficient (Wildman–Crippen LogP) is 5.36. The minimum absolute atomic E-state index is 0.0929. The Kier molecular flexibility index (Phi) is 5.34. The van der Waals surface area contributed by atoms with E-state index in [1.54, 1.807) is 13.1 Å². The zero-order valence-corrected chi connectivity index (χ0v) is 17.7. The van der Waals surface area contributed by atoms with Crippen LogP contribution in [0.1, 0.15) is 35.6 Å². The van der Waals surface area contributed by atoms with Crippen molar-refractivity contribution in [2.45, 2.75) is 29.7 Å². The quantitative estimate of drug-likeness (QED) is 0.210. The summed E-state index contributed by atoms with van der Waals surface area (Å²) in [6, 6.07) is 13.9. The van der Waals surface area contributed by atoms with E-state index in [4.69, 9.17) is 4.98 Å². The molecule has 1 heterocycles. The van der Waals surface area contributed by atoms with Gasteiger partial charge in [0.2, 0.25) is 0 Å². The normalized spacial score (nSPS) is 13.5. The first kappa shape index (κ1) is 18.9. The Morgan fingerprint density at radius 2 is 1.93 bits per heavy atom. The van der Waals surface area contributed by atoms with E-state index >= 15 is 0 Å². The van der Waals surface area contributed by atoms with Crippen molar-refractivity contribution in [2.75, 3.05) is 12.4 Å². The van der Waals surface area contributed by atoms with Crippen LogP contribution in [0.15, 0.2) is 48.8 Å². The van der Waals surface area contributed by atoms with Gasteiger partial charge in [-0.2, -0.15) is 0 Å². The molecule has 0 unspecified atom stereocenters. The molecule has 1 N–H and O–H groups in total. The number of anilines is 1. The second-order valence-corrected chi connectivity index (χ2v) is 7.83. The van der Waals surface area contributed by atoms with Gasteiger partial charge in [-0.25, -0.2) is 4.98 Å². The van der Waals surface area contributed by atoms with Gasteiger partial charge < -0.3 is 9.88 Å². The van der Waals surface area contributed by atoms with Gasteiger partial charge >= 0.3 is 0 Å². The number of hydrogen-bond donors (Lipinski definition) is 1. The molecule has 0 radical (unpaired) electrons. The van der Waals surface area contributed by atoms with Gasteiger partial charge in [0.05, 0.1) is 16.9 Å². The molecule has 1 aromatic heterocycles. The maximum atomic E-state index is 11.2. The molecule has 0 saturated heterocycles. The van der Waals surface area contributed by atoms with Crippen LogP contribution in [0.25, 0.3) is 11.3 Å². The number of halogens is 1. The third-order valence-electron chi connectivity index (χ3n) is 5.10. The van der Waals surface area contributed by atoms with Gasteiger partial charge in [0.15, 0.2) is 0 Å². The van der Waals surface area contributed by atoms with Crippen LogP contribution in [0.2, 0.25) is 0 Å². The monoisotopic (exact) mass is 488 g/mol. The van der Waals surface area contributed by atoms with Crippen molar-refractivity contribution >= 4 is 34.0 Å². The molecule has 0 aliphatic heterocycles. The molecular formula is C21H21IN4O2. The standard InChI is InChI=1S/C21H21IN4O2/c1-23-18-10-15(4-9-19(18)26(27)28)12-25-13-24-20(21(25)17-7-8-17)16-5-2-14(11-22)3-6-16/h2-6,9-10,13,17,23H,7-8,11-12H2,1H3. The average molecular weight is 488 g/mol. The number of imidazole rings is 1. The highest BCUT2D eigenvalue weighted by atomic mass is 127. The first-order valence-corrected chi connectivity index (χ1v) is 10.8. The predicted molar refractivity (Wildman–Crippen MR) is 119 cm³/mol. The largest absolute Gasteiger partial charge is 0.383 e. The molecule has 1 aliphatic rings. The van der Waals surface area contributed by atoms with Crippen LogP contribution in [0, 0.1) is 10.1 Å². The van der Waals surface area contributed by atoms with Gasteiger partial charge in [-0.1, -0.05) is 52.9 Å². The van der Waals surface area contributed by atoms with E-state index in [0.29, 0.717) is 18.2 Å². The van der Waals surface area contributed by atoms with Crippen LogP contribution in [0.5, 0.6) is 0 Å². The topological polar surface area (TPSA) is 73.0 Å². The van der Waals surface area contributed by atoms with Gasteiger partial charge in [0, 0.05) is 41.3 Å². The van der Waals surface area contributed by atoms with Crippen LogP contribution in [0.3, 0.4) is 0 Å². The van der Waals surface area contributed by atoms with E-state index in [0.717, 1.165) is 21.2 Å². The summed E-state index contributed by atoms with van der Waals surface area (Å²) in [7, 11) is 1.70. The molecule has 0 atom stereocenters. The Balaban J connectivity index is 1.67. The molecule has 28 heavy (non-hydrogen) atoms. The Morgan fingerprint density at radius 3 is 2.54 bits per heavy atom. The maximum absolute atomic E-state index is 11.2. The molecule has 0 spiro atoms. The second-order valence-electron chi connectivity index (χ2n) is 7.07. The maximum Gasteiger partial charge on any atom is 0.292 e. The minimum Gasteiger partial charge on any atom is -0.383 e. The molecule has 1 fully saturated rings. The van der Waals surface area contributed by atoms with E-state index in [1.807, 2.05) is 18.5 Å². The van der Waals surface area contributed by atoms with Crippen LogP contribution >= 0.6 is 22.6 Å². The molecule has 0 amide bonds. The molecule has 144 valence electrons. The average Bonchev–Trinajstić information content (AvgIpc) is 3.48. The number of aromatic nitrogens is 2. The number of nitrogens with one attached hydrogen (secondary N) is 1. The van der Waals surface area contributed by atoms with Crippen LogP contribution in [-0.4, -0.2) is 21.5 Å². The molecular weight excluding hydrogens is 467 g/mol. The Bertz CT molecular complexity index is 1010. The number of nitro groups is 1. The number of nitrogens with zero attached hydrogens (tertiary/aromatic N) is 3. The highest BCUT2D eigenvalue weighted by Gasteiger charge is 2.30. The van der Waals surface area contributed by atoms with Crippen molar-refractivity contribution in [1.29, 1.82) is 0 Å². The third kappa shape index (κ3) is 3.76. The highest BCUT2D eigenvalue weighted by Crippen LogP contribution is 2.44. The summed E-state index contributed by atoms with van der Waals surface area (Å²) in [5.74, 6) is 0.545. The number of alkyl halides is 1. The van der Waals surface area contributed by atoms with Gasteiger partial charge in [0.1, 0.15) is 5.69 Å². The lowest BCUT2D eigenvalue weighted by Crippen LogP contribution is -2.05. The summed E-state index contributed by atoms with van der Waals surface area (Å²) < 4.78 is 3.19. The fourth-order valence-electron chi connectivity index (χ4n) is 3.51. The van der Waals surface area contributed by atoms with Crippen LogP contribution < -0.4 is 5.32 Å². The Morgan fingerprint density at radius 1 is 1.21 bits per heavy atom. The van der Waals surface area contributed by atoms with E-state index in [9.17, 15) is 10.1 Å². The first-order valence-electron chi connectivity index (χ1n) is 9.26. The first-order chi connectivity index (χ1) is 13.6. The minimum atomic E-state index is -0.361. The van der Waals surface area contributed by atoms with E-state index in [-0.39, 0.29) is 10.6 Å². The van der Waals surface area contributed by atoms with Gasteiger partial charge in [0.25, 0.3) is 5.69 Å². The fourth-order valence-corrected chi connectivity index (χ4v) is 4.02. The summed E-state index contributed by atoms with van der Waals surface area (Å²) in [4.78, 5) is 15.5.